The predicted octanol–water partition coefficient (Wildman–Crippen LogP) is 1.26. The molecule has 0 N–H and O–H groups in total. The minimum Gasteiger partial charge on any atom is 0 e. The molecule has 1 atom stereocenters. The van der Waals surface area contributed by atoms with Crippen molar-refractivity contribution in [2.75, 3.05) is 0 Å². The quantitative estimate of drug-likeness (QED) is 0.746. The molecule has 0 rings (SSSR count). The summed E-state index contributed by atoms with van der Waals surface area (Å²) in [4.78, 5) is 0. The van der Waals surface area contributed by atoms with Gasteiger partial charge in [0, 0.05) is 26.2 Å². The van der Waals surface area contributed by atoms with Crippen LogP contribution in [0.3, 0.4) is 0 Å². The molecule has 3 heteroatoms. The van der Waals surface area contributed by atoms with Crippen LogP contribution < -0.4 is 0 Å². The Morgan fingerprint density at radius 2 is 2.14 bits per heavy atom. The van der Waals surface area contributed by atoms with E-state index in [-0.39, 0.29) is 26.2 Å². The summed E-state index contributed by atoms with van der Waals surface area (Å²) in [7, 11) is 0. The second kappa shape index (κ2) is 8.21. The van der Waals surface area contributed by atoms with E-state index in [4.69, 9.17) is 1.01 Å². The van der Waals surface area contributed by atoms with Gasteiger partial charge in [-0.2, -0.15) is 0 Å². The van der Waals surface area contributed by atoms with Gasteiger partial charge in [0.05, 0.1) is 0 Å². The van der Waals surface area contributed by atoms with Gasteiger partial charge in [0.1, 0.15) is 0 Å². The Labute approximate surface area is 91.7 Å². The Morgan fingerprint density at radius 1 is 1.71 bits per heavy atom. The van der Waals surface area contributed by atoms with Crippen LogP contribution in [-0.2, 0) is 27.2 Å². The monoisotopic (exact) mass is 304 g/mol. The van der Waals surface area contributed by atoms with E-state index in [1.165, 1.54) is 0 Å². The predicted molar refractivity (Wildman–Crippen MR) is 20.8 cm³/mol. The summed E-state index contributed by atoms with van der Waals surface area (Å²) < 4.78 is 5.07. The fourth-order valence-electron chi connectivity index (χ4n) is 0.0962. The van der Waals surface area contributed by atoms with Gasteiger partial charge in [-0.15, -0.1) is 0 Å². The third-order valence-electron chi connectivity index (χ3n) is 0.807. The van der Waals surface area contributed by atoms with Crippen LogP contribution in [0.1, 0.15) is 20.3 Å². The van der Waals surface area contributed by atoms with E-state index in [2.05, 4.69) is 13.8 Å². The van der Waals surface area contributed by atoms with Crippen molar-refractivity contribution in [2.24, 2.45) is 0 Å². The first-order chi connectivity index (χ1) is 2.81. The zero-order valence-corrected chi connectivity index (χ0v) is 10.9. The van der Waals surface area contributed by atoms with Crippen LogP contribution in [-0.4, -0.2) is 6.10 Å². The Bertz CT molecular complexity index is 30.9. The molecule has 0 aromatic heterocycles. The molecule has 0 saturated heterocycles. The molecule has 0 aliphatic heterocycles. The van der Waals surface area contributed by atoms with E-state index in [9.17, 15) is 0 Å². The maximum Gasteiger partial charge on any atom is 0 e. The van der Waals surface area contributed by atoms with Crippen molar-refractivity contribution in [1.82, 2.24) is 0 Å². The van der Waals surface area contributed by atoms with Crippen LogP contribution in [0.25, 0.3) is 0 Å². The Morgan fingerprint density at radius 3 is 2.14 bits per heavy atom. The molecule has 0 radical (unpaired) electrons. The van der Waals surface area contributed by atoms with Gasteiger partial charge in [-0.25, -0.2) is 0 Å². The van der Waals surface area contributed by atoms with Crippen LogP contribution in [0.5, 0.6) is 0 Å². The van der Waals surface area contributed by atoms with Crippen LogP contribution in [0.2, 0.25) is 0 Å². The van der Waals surface area contributed by atoms with Crippen LogP contribution in [0.15, 0.2) is 0 Å². The fourth-order valence-corrected chi connectivity index (χ4v) is 0.714. The fraction of sp³-hybridized carbons (Fsp3) is 1.00. The van der Waals surface area contributed by atoms with Gasteiger partial charge in [0.2, 0.25) is 0 Å². The molecule has 0 aromatic rings. The molecule has 0 spiro atoms. The van der Waals surface area contributed by atoms with Gasteiger partial charge in [-0.1, -0.05) is 0 Å². The van der Waals surface area contributed by atoms with Gasteiger partial charge >= 0.3 is 67.2 Å². The summed E-state index contributed by atoms with van der Waals surface area (Å²) in [5.41, 5.74) is 0. The maximum atomic E-state index is 5.07. The Hall–Kier alpha value is 2.21. The molecule has 0 heterocycles. The molecule has 1 unspecified atom stereocenters. The van der Waals surface area contributed by atoms with Gasteiger partial charge < -0.3 is 0 Å². The first kappa shape index (κ1) is 11.9. The maximum absolute atomic E-state index is 5.07. The molecule has 38 valence electrons. The number of hydrogen-bond donors (Lipinski definition) is 0. The van der Waals surface area contributed by atoms with Gasteiger partial charge in [-0.05, 0) is 0 Å². The Kier molecular flexibility index (Phi) is 14.0. The second-order valence-corrected chi connectivity index (χ2v) is 2.23. The van der Waals surface area contributed by atoms with E-state index >= 15 is 0 Å². The molecule has 0 saturated carbocycles. The van der Waals surface area contributed by atoms with E-state index in [1.807, 2.05) is 0 Å². The summed E-state index contributed by atoms with van der Waals surface area (Å²) in [6.45, 7) is 4.23. The summed E-state index contributed by atoms with van der Waals surface area (Å²) in [5.74, 6) is 0. The number of hydrogen-bond acceptors (Lipinski definition) is 1. The zero-order valence-electron chi connectivity index (χ0n) is 4.77. The molecule has 0 bridgehead atoms. The van der Waals surface area contributed by atoms with Crippen molar-refractivity contribution < 1.29 is 67.0 Å². The third kappa shape index (κ3) is 8.21. The van der Waals surface area contributed by atoms with Gasteiger partial charge in [0.25, 0.3) is 0 Å². The van der Waals surface area contributed by atoms with Crippen LogP contribution in [0, 0.1) is 39.8 Å². The first-order valence-electron chi connectivity index (χ1n) is 2.16. The van der Waals surface area contributed by atoms with E-state index in [0.717, 1.165) is 6.42 Å². The number of rotatable bonds is 2. The van der Waals surface area contributed by atoms with Crippen molar-refractivity contribution in [3.63, 3.8) is 0 Å². The minimum atomic E-state index is 0. The van der Waals surface area contributed by atoms with Crippen molar-refractivity contribution in [2.45, 2.75) is 26.4 Å². The van der Waals surface area contributed by atoms with Crippen LogP contribution in [0.4, 0.5) is 0 Å². The van der Waals surface area contributed by atoms with Gasteiger partial charge in [-0.3, -0.25) is 0 Å². The van der Waals surface area contributed by atoms with Crippen molar-refractivity contribution in [3.05, 3.63) is 0 Å². The molecule has 0 fully saturated rings. The van der Waals surface area contributed by atoms with Gasteiger partial charge in [0.15, 0.2) is 0 Å². The van der Waals surface area contributed by atoms with E-state index < -0.39 is 0 Å². The third-order valence-corrected chi connectivity index (χ3v) is 2.30. The van der Waals surface area contributed by atoms with Crippen LogP contribution >= 0.6 is 0 Å². The largest absolute Gasteiger partial charge is 0 e. The summed E-state index contributed by atoms with van der Waals surface area (Å²) in [6.07, 6.45) is 1.66. The molecular weight excluding hydrogens is 296 g/mol. The average molecular weight is 305 g/mol. The molecule has 0 amide bonds. The van der Waals surface area contributed by atoms with E-state index in [1.54, 1.807) is 0 Å². The molecule has 0 aliphatic rings. The molecule has 0 aromatic carbocycles. The molecular formula is C4H9OPrZr. The minimum absolute atomic E-state index is 0. The molecule has 0 aliphatic carbocycles. The zero-order chi connectivity index (χ0) is 4.99. The molecule has 1 nitrogen and oxygen atoms in total. The Balaban J connectivity index is 0. The smallest absolute Gasteiger partial charge is 0 e. The SMILES string of the molecule is CCC(C)[O][Pr].[Zr]. The molecule has 7 heavy (non-hydrogen) atoms. The summed E-state index contributed by atoms with van der Waals surface area (Å²) in [6, 6.07) is 0. The summed E-state index contributed by atoms with van der Waals surface area (Å²) in [5, 5.41) is 0. The van der Waals surface area contributed by atoms with Crippen molar-refractivity contribution in [3.8, 4) is 0 Å². The first-order valence-corrected chi connectivity index (χ1v) is 3.68. The second-order valence-electron chi connectivity index (χ2n) is 1.35. The normalized spacial score (nSPS) is 12.1. The van der Waals surface area contributed by atoms with Crippen molar-refractivity contribution in [1.29, 1.82) is 0 Å². The average Bonchev–Trinajstić information content (AvgIpc) is 1.65. The standard InChI is InChI=1S/C4H9O.Pr.Zr/c1-3-4(2)5;;/h4H,3H2,1-2H3;;/q-1;+1;. The topological polar surface area (TPSA) is 9.23 Å². The van der Waals surface area contributed by atoms with E-state index in [0.29, 0.717) is 45.9 Å². The summed E-state index contributed by atoms with van der Waals surface area (Å²) >= 11 is 0.713. The van der Waals surface area contributed by atoms with Crippen molar-refractivity contribution >= 4 is 0 Å².